The third-order valence-electron chi connectivity index (χ3n) is 3.83. The number of phenolic OH excluding ortho intramolecular Hbond substituents is 1. The average Bonchev–Trinajstić information content (AvgIpc) is 3.12. The lowest BCUT2D eigenvalue weighted by atomic mass is 9.88. The summed E-state index contributed by atoms with van der Waals surface area (Å²) in [6, 6.07) is 4.47. The number of nitrogens with two attached hydrogens (primary N) is 1. The van der Waals surface area contributed by atoms with Crippen molar-refractivity contribution in [1.29, 1.82) is 0 Å². The van der Waals surface area contributed by atoms with Gasteiger partial charge >= 0.3 is 0 Å². The smallest absolute Gasteiger partial charge is 0.254 e. The summed E-state index contributed by atoms with van der Waals surface area (Å²) >= 11 is 0. The summed E-state index contributed by atoms with van der Waals surface area (Å²) < 4.78 is 0. The number of hydrogen-bond acceptors (Lipinski definition) is 4. The van der Waals surface area contributed by atoms with Crippen molar-refractivity contribution in [3.8, 4) is 5.75 Å². The van der Waals surface area contributed by atoms with Crippen LogP contribution in [0, 0.1) is 5.92 Å². The zero-order valence-corrected chi connectivity index (χ0v) is 9.97. The van der Waals surface area contributed by atoms with Gasteiger partial charge in [0, 0.05) is 5.56 Å². The molecule has 1 aromatic rings. The summed E-state index contributed by atoms with van der Waals surface area (Å²) in [4.78, 5) is 13.7. The molecule has 96 valence electrons. The molecule has 2 fully saturated rings. The third kappa shape index (κ3) is 1.71. The van der Waals surface area contributed by atoms with Gasteiger partial charge in [-0.05, 0) is 37.0 Å². The predicted octanol–water partition coefficient (Wildman–Crippen LogP) is 0.571. The lowest BCUT2D eigenvalue weighted by molar-refractivity contribution is -0.0958. The second-order valence-electron chi connectivity index (χ2n) is 5.31. The van der Waals surface area contributed by atoms with Crippen molar-refractivity contribution in [2.75, 3.05) is 18.8 Å². The van der Waals surface area contributed by atoms with Gasteiger partial charge in [-0.25, -0.2) is 0 Å². The lowest BCUT2D eigenvalue weighted by Gasteiger charge is -2.47. The molecule has 1 aromatic carbocycles. The van der Waals surface area contributed by atoms with E-state index in [9.17, 15) is 15.0 Å². The molecule has 0 spiro atoms. The highest BCUT2D eigenvalue weighted by atomic mass is 16.3. The Morgan fingerprint density at radius 3 is 2.61 bits per heavy atom. The minimum absolute atomic E-state index is 0.0844. The van der Waals surface area contributed by atoms with Gasteiger partial charge in [0.15, 0.2) is 0 Å². The number of aromatic hydroxyl groups is 1. The van der Waals surface area contributed by atoms with Gasteiger partial charge in [-0.1, -0.05) is 0 Å². The number of carbonyl (C=O) groups is 1. The number of nitrogens with zero attached hydrogens (tertiary/aromatic N) is 1. The van der Waals surface area contributed by atoms with E-state index in [1.165, 1.54) is 12.1 Å². The molecule has 0 aromatic heterocycles. The monoisotopic (exact) mass is 248 g/mol. The van der Waals surface area contributed by atoms with E-state index in [1.807, 2.05) is 0 Å². The number of phenols is 1. The standard InChI is InChI=1S/C13H16N2O3/c14-10-4-1-8(5-11(10)16)12(17)15-6-13(18,7-15)9-2-3-9/h1,4-5,9,16,18H,2-3,6-7,14H2. The Bertz CT molecular complexity index is 505. The first-order valence-electron chi connectivity index (χ1n) is 6.10. The van der Waals surface area contributed by atoms with Crippen LogP contribution >= 0.6 is 0 Å². The molecule has 1 saturated carbocycles. The Morgan fingerprint density at radius 1 is 1.39 bits per heavy atom. The molecular formula is C13H16N2O3. The molecule has 2 aliphatic rings. The Morgan fingerprint density at radius 2 is 2.06 bits per heavy atom. The van der Waals surface area contributed by atoms with E-state index >= 15 is 0 Å². The van der Waals surface area contributed by atoms with Crippen LogP contribution in [0.15, 0.2) is 18.2 Å². The topological polar surface area (TPSA) is 86.8 Å². The summed E-state index contributed by atoms with van der Waals surface area (Å²) in [5.41, 5.74) is 5.47. The Labute approximate surface area is 105 Å². The van der Waals surface area contributed by atoms with Gasteiger partial charge < -0.3 is 20.8 Å². The van der Waals surface area contributed by atoms with E-state index in [1.54, 1.807) is 11.0 Å². The number of anilines is 1. The molecule has 1 aliphatic heterocycles. The second-order valence-corrected chi connectivity index (χ2v) is 5.31. The predicted molar refractivity (Wildman–Crippen MR) is 66.1 cm³/mol. The molecule has 1 heterocycles. The van der Waals surface area contributed by atoms with Crippen molar-refractivity contribution >= 4 is 11.6 Å². The van der Waals surface area contributed by atoms with E-state index in [4.69, 9.17) is 5.73 Å². The molecule has 18 heavy (non-hydrogen) atoms. The third-order valence-corrected chi connectivity index (χ3v) is 3.83. The molecule has 5 heteroatoms. The maximum atomic E-state index is 12.1. The minimum Gasteiger partial charge on any atom is -0.506 e. The number of aliphatic hydroxyl groups is 1. The van der Waals surface area contributed by atoms with Crippen LogP contribution in [-0.4, -0.2) is 39.7 Å². The van der Waals surface area contributed by atoms with Crippen LogP contribution in [-0.2, 0) is 0 Å². The van der Waals surface area contributed by atoms with E-state index in [0.717, 1.165) is 12.8 Å². The fourth-order valence-corrected chi connectivity index (χ4v) is 2.50. The summed E-state index contributed by atoms with van der Waals surface area (Å²) in [5, 5.41) is 19.6. The van der Waals surface area contributed by atoms with E-state index in [2.05, 4.69) is 0 Å². The van der Waals surface area contributed by atoms with Crippen molar-refractivity contribution in [3.05, 3.63) is 23.8 Å². The Hall–Kier alpha value is -1.75. The highest BCUT2D eigenvalue weighted by Crippen LogP contribution is 2.44. The van der Waals surface area contributed by atoms with Gasteiger partial charge in [0.05, 0.1) is 18.8 Å². The normalized spacial score (nSPS) is 21.5. The number of carbonyl (C=O) groups excluding carboxylic acids is 1. The Kier molecular flexibility index (Phi) is 2.28. The first kappa shape index (κ1) is 11.3. The summed E-state index contributed by atoms with van der Waals surface area (Å²) in [6.07, 6.45) is 2.11. The Balaban J connectivity index is 1.70. The quantitative estimate of drug-likeness (QED) is 0.527. The molecule has 1 amide bonds. The number of benzene rings is 1. The van der Waals surface area contributed by atoms with Gasteiger partial charge in [0.2, 0.25) is 0 Å². The van der Waals surface area contributed by atoms with Crippen molar-refractivity contribution in [3.63, 3.8) is 0 Å². The van der Waals surface area contributed by atoms with Crippen LogP contribution in [0.1, 0.15) is 23.2 Å². The first-order valence-corrected chi connectivity index (χ1v) is 6.10. The van der Waals surface area contributed by atoms with Crippen LogP contribution in [0.5, 0.6) is 5.75 Å². The highest BCUT2D eigenvalue weighted by Gasteiger charge is 2.53. The average molecular weight is 248 g/mol. The summed E-state index contributed by atoms with van der Waals surface area (Å²) in [6.45, 7) is 0.781. The maximum Gasteiger partial charge on any atom is 0.254 e. The maximum absolute atomic E-state index is 12.1. The van der Waals surface area contributed by atoms with Crippen LogP contribution in [0.4, 0.5) is 5.69 Å². The highest BCUT2D eigenvalue weighted by molar-refractivity contribution is 5.96. The molecule has 4 N–H and O–H groups in total. The fourth-order valence-electron chi connectivity index (χ4n) is 2.50. The van der Waals surface area contributed by atoms with Crippen LogP contribution < -0.4 is 5.73 Å². The first-order chi connectivity index (χ1) is 8.49. The fraction of sp³-hybridized carbons (Fsp3) is 0.462. The number of β-amino-alcohol motifs (C(OH)–C–C–N with tert-alkyl or cyclic N) is 1. The molecule has 0 atom stereocenters. The van der Waals surface area contributed by atoms with Crippen LogP contribution in [0.3, 0.4) is 0 Å². The molecule has 3 rings (SSSR count). The number of amides is 1. The number of rotatable bonds is 2. The molecule has 1 aliphatic carbocycles. The minimum atomic E-state index is -0.675. The van der Waals surface area contributed by atoms with Gasteiger partial charge in [-0.2, -0.15) is 0 Å². The number of likely N-dealkylation sites (tertiary alicyclic amines) is 1. The molecule has 1 saturated heterocycles. The molecule has 0 bridgehead atoms. The van der Waals surface area contributed by atoms with Gasteiger partial charge in [-0.3, -0.25) is 4.79 Å². The lowest BCUT2D eigenvalue weighted by Crippen LogP contribution is -2.64. The molecule has 5 nitrogen and oxygen atoms in total. The van der Waals surface area contributed by atoms with Crippen molar-refractivity contribution in [2.45, 2.75) is 18.4 Å². The van der Waals surface area contributed by atoms with Gasteiger partial charge in [0.25, 0.3) is 5.91 Å². The van der Waals surface area contributed by atoms with Gasteiger partial charge in [-0.15, -0.1) is 0 Å². The molecule has 0 radical (unpaired) electrons. The number of hydrogen-bond donors (Lipinski definition) is 3. The zero-order chi connectivity index (χ0) is 12.9. The largest absolute Gasteiger partial charge is 0.506 e. The van der Waals surface area contributed by atoms with E-state index in [0.29, 0.717) is 24.6 Å². The van der Waals surface area contributed by atoms with E-state index in [-0.39, 0.29) is 17.3 Å². The SMILES string of the molecule is Nc1ccc(C(=O)N2CC(O)(C3CC3)C2)cc1O. The van der Waals surface area contributed by atoms with Crippen LogP contribution in [0.2, 0.25) is 0 Å². The van der Waals surface area contributed by atoms with Crippen molar-refractivity contribution in [1.82, 2.24) is 4.90 Å². The van der Waals surface area contributed by atoms with Crippen LogP contribution in [0.25, 0.3) is 0 Å². The van der Waals surface area contributed by atoms with Crippen molar-refractivity contribution < 1.29 is 15.0 Å². The van der Waals surface area contributed by atoms with Crippen molar-refractivity contribution in [2.24, 2.45) is 5.92 Å². The zero-order valence-electron chi connectivity index (χ0n) is 9.97. The summed E-state index contributed by atoms with van der Waals surface area (Å²) in [7, 11) is 0. The van der Waals surface area contributed by atoms with Gasteiger partial charge in [0.1, 0.15) is 11.4 Å². The second kappa shape index (κ2) is 3.62. The number of nitrogen functional groups attached to an aromatic ring is 1. The van der Waals surface area contributed by atoms with E-state index < -0.39 is 5.60 Å². The molecule has 0 unspecified atom stereocenters. The summed E-state index contributed by atoms with van der Waals surface area (Å²) in [5.74, 6) is 0.107. The molecular weight excluding hydrogens is 232 g/mol.